The van der Waals surface area contributed by atoms with Crippen LogP contribution in [0.2, 0.25) is 0 Å². The molecule has 3 heterocycles. The fourth-order valence-corrected chi connectivity index (χ4v) is 2.95. The molecule has 0 bridgehead atoms. The van der Waals surface area contributed by atoms with Crippen LogP contribution in [0.15, 0.2) is 11.6 Å². The van der Waals surface area contributed by atoms with Crippen LogP contribution < -0.4 is 5.32 Å². The molecule has 0 amide bonds. The number of thiazole rings is 1. The molecule has 5 nitrogen and oxygen atoms in total. The van der Waals surface area contributed by atoms with Crippen LogP contribution in [0, 0.1) is 0 Å². The lowest BCUT2D eigenvalue weighted by atomic mass is 10.2. The Morgan fingerprint density at radius 3 is 3.22 bits per heavy atom. The Hall–Kier alpha value is -1.27. The summed E-state index contributed by atoms with van der Waals surface area (Å²) in [6.45, 7) is 3.95. The second kappa shape index (κ2) is 5.16. The monoisotopic (exact) mass is 263 g/mol. The van der Waals surface area contributed by atoms with E-state index in [9.17, 15) is 0 Å². The second-order valence-corrected chi connectivity index (χ2v) is 5.54. The van der Waals surface area contributed by atoms with Gasteiger partial charge in [-0.15, -0.1) is 21.5 Å². The van der Waals surface area contributed by atoms with Gasteiger partial charge in [0.25, 0.3) is 0 Å². The molecule has 0 saturated heterocycles. The van der Waals surface area contributed by atoms with Gasteiger partial charge in [0.05, 0.1) is 12.6 Å². The summed E-state index contributed by atoms with van der Waals surface area (Å²) in [6, 6.07) is 0.265. The number of aryl methyl sites for hydroxylation is 1. The first kappa shape index (κ1) is 11.8. The summed E-state index contributed by atoms with van der Waals surface area (Å²) in [6.07, 6.45) is 5.38. The molecular weight excluding hydrogens is 246 g/mol. The third-order valence-corrected chi connectivity index (χ3v) is 4.28. The molecule has 0 fully saturated rings. The molecule has 1 N–H and O–H groups in total. The van der Waals surface area contributed by atoms with E-state index in [1.54, 1.807) is 11.3 Å². The van der Waals surface area contributed by atoms with Crippen molar-refractivity contribution >= 4 is 11.3 Å². The maximum atomic E-state index is 4.32. The van der Waals surface area contributed by atoms with Crippen molar-refractivity contribution < 1.29 is 0 Å². The minimum absolute atomic E-state index is 0.265. The van der Waals surface area contributed by atoms with Gasteiger partial charge in [0, 0.05) is 24.5 Å². The molecular formula is C12H17N5S. The molecule has 0 spiro atoms. The van der Waals surface area contributed by atoms with Gasteiger partial charge in [-0.2, -0.15) is 0 Å². The normalized spacial score (nSPS) is 16.5. The number of nitrogens with one attached hydrogen (secondary N) is 1. The Labute approximate surface area is 110 Å². The molecule has 96 valence electrons. The molecule has 1 atom stereocenters. The minimum atomic E-state index is 0.265. The van der Waals surface area contributed by atoms with E-state index in [1.165, 1.54) is 12.8 Å². The van der Waals surface area contributed by atoms with E-state index in [-0.39, 0.29) is 6.04 Å². The lowest BCUT2D eigenvalue weighted by Crippen LogP contribution is -2.22. The molecule has 0 saturated carbocycles. The Morgan fingerprint density at radius 2 is 2.39 bits per heavy atom. The van der Waals surface area contributed by atoms with Gasteiger partial charge in [-0.25, -0.2) is 4.98 Å². The van der Waals surface area contributed by atoms with E-state index in [0.29, 0.717) is 0 Å². The first-order valence-corrected chi connectivity index (χ1v) is 7.26. The molecule has 2 aromatic rings. The van der Waals surface area contributed by atoms with Gasteiger partial charge in [-0.3, -0.25) is 0 Å². The van der Waals surface area contributed by atoms with E-state index in [1.807, 2.05) is 11.6 Å². The summed E-state index contributed by atoms with van der Waals surface area (Å²) >= 11 is 1.68. The molecule has 0 aromatic carbocycles. The van der Waals surface area contributed by atoms with E-state index in [0.717, 1.165) is 36.2 Å². The number of hydrogen-bond donors (Lipinski definition) is 1. The molecule has 2 aromatic heterocycles. The average molecular weight is 263 g/mol. The summed E-state index contributed by atoms with van der Waals surface area (Å²) in [5, 5.41) is 15.1. The van der Waals surface area contributed by atoms with Crippen molar-refractivity contribution in [2.24, 2.45) is 0 Å². The SMILES string of the molecule is CC(NCc1nnc2n1CCCC2)c1nccs1. The number of fused-ring (bicyclic) bond motifs is 1. The quantitative estimate of drug-likeness (QED) is 0.915. The highest BCUT2D eigenvalue weighted by atomic mass is 32.1. The maximum absolute atomic E-state index is 4.32. The summed E-state index contributed by atoms with van der Waals surface area (Å²) in [4.78, 5) is 4.32. The largest absolute Gasteiger partial charge is 0.314 e. The zero-order valence-electron chi connectivity index (χ0n) is 10.5. The smallest absolute Gasteiger partial charge is 0.147 e. The minimum Gasteiger partial charge on any atom is -0.314 e. The zero-order valence-corrected chi connectivity index (χ0v) is 11.3. The van der Waals surface area contributed by atoms with Crippen molar-refractivity contribution in [3.8, 4) is 0 Å². The van der Waals surface area contributed by atoms with Crippen LogP contribution >= 0.6 is 11.3 Å². The molecule has 3 rings (SSSR count). The number of rotatable bonds is 4. The van der Waals surface area contributed by atoms with Crippen molar-refractivity contribution in [3.63, 3.8) is 0 Å². The van der Waals surface area contributed by atoms with Crippen molar-refractivity contribution in [1.29, 1.82) is 0 Å². The van der Waals surface area contributed by atoms with E-state index in [4.69, 9.17) is 0 Å². The molecule has 1 aliphatic rings. The third kappa shape index (κ3) is 2.30. The fourth-order valence-electron chi connectivity index (χ4n) is 2.28. The topological polar surface area (TPSA) is 55.6 Å². The highest BCUT2D eigenvalue weighted by Gasteiger charge is 2.16. The van der Waals surface area contributed by atoms with Crippen LogP contribution in [-0.2, 0) is 19.5 Å². The molecule has 6 heteroatoms. The van der Waals surface area contributed by atoms with Crippen molar-refractivity contribution in [2.45, 2.75) is 45.3 Å². The summed E-state index contributed by atoms with van der Waals surface area (Å²) in [7, 11) is 0. The van der Waals surface area contributed by atoms with Crippen LogP contribution in [0.5, 0.6) is 0 Å². The Kier molecular flexibility index (Phi) is 3.38. The number of nitrogens with zero attached hydrogens (tertiary/aromatic N) is 4. The molecule has 0 aliphatic carbocycles. The first-order valence-electron chi connectivity index (χ1n) is 6.38. The highest BCUT2D eigenvalue weighted by molar-refractivity contribution is 7.09. The van der Waals surface area contributed by atoms with Gasteiger partial charge in [0.2, 0.25) is 0 Å². The fraction of sp³-hybridized carbons (Fsp3) is 0.583. The van der Waals surface area contributed by atoms with Crippen LogP contribution in [-0.4, -0.2) is 19.7 Å². The average Bonchev–Trinajstić information content (AvgIpc) is 3.06. The molecule has 0 radical (unpaired) electrons. The number of aromatic nitrogens is 4. The second-order valence-electron chi connectivity index (χ2n) is 4.61. The van der Waals surface area contributed by atoms with E-state index in [2.05, 4.69) is 32.0 Å². The number of hydrogen-bond acceptors (Lipinski definition) is 5. The Balaban J connectivity index is 1.65. The van der Waals surface area contributed by atoms with Gasteiger partial charge < -0.3 is 9.88 Å². The Morgan fingerprint density at radius 1 is 1.44 bits per heavy atom. The molecule has 1 aliphatic heterocycles. The maximum Gasteiger partial charge on any atom is 0.147 e. The lowest BCUT2D eigenvalue weighted by Gasteiger charge is -2.16. The van der Waals surface area contributed by atoms with Crippen LogP contribution in [0.3, 0.4) is 0 Å². The lowest BCUT2D eigenvalue weighted by molar-refractivity contribution is 0.483. The molecule has 1 unspecified atom stereocenters. The van der Waals surface area contributed by atoms with Crippen LogP contribution in [0.4, 0.5) is 0 Å². The highest BCUT2D eigenvalue weighted by Crippen LogP contribution is 2.17. The van der Waals surface area contributed by atoms with E-state index < -0.39 is 0 Å². The van der Waals surface area contributed by atoms with Gasteiger partial charge >= 0.3 is 0 Å². The van der Waals surface area contributed by atoms with Crippen LogP contribution in [0.1, 0.15) is 42.5 Å². The van der Waals surface area contributed by atoms with Crippen LogP contribution in [0.25, 0.3) is 0 Å². The third-order valence-electron chi connectivity index (χ3n) is 3.32. The van der Waals surface area contributed by atoms with Crippen molar-refractivity contribution in [1.82, 2.24) is 25.1 Å². The summed E-state index contributed by atoms with van der Waals surface area (Å²) < 4.78 is 2.26. The zero-order chi connectivity index (χ0) is 12.4. The van der Waals surface area contributed by atoms with Gasteiger partial charge in [0.1, 0.15) is 16.7 Å². The van der Waals surface area contributed by atoms with Crippen molar-refractivity contribution in [3.05, 3.63) is 28.2 Å². The Bertz CT molecular complexity index is 505. The van der Waals surface area contributed by atoms with Gasteiger partial charge in [-0.1, -0.05) is 0 Å². The predicted octanol–water partition coefficient (Wildman–Crippen LogP) is 1.92. The first-order chi connectivity index (χ1) is 8.84. The summed E-state index contributed by atoms with van der Waals surface area (Å²) in [5.74, 6) is 2.19. The van der Waals surface area contributed by atoms with Gasteiger partial charge in [0.15, 0.2) is 0 Å². The standard InChI is InChI=1S/C12H17N5S/c1-9(12-13-5-7-18-12)14-8-11-16-15-10-4-2-3-6-17(10)11/h5,7,9,14H,2-4,6,8H2,1H3. The summed E-state index contributed by atoms with van der Waals surface area (Å²) in [5.41, 5.74) is 0. The van der Waals surface area contributed by atoms with Gasteiger partial charge in [-0.05, 0) is 19.8 Å². The predicted molar refractivity (Wildman–Crippen MR) is 70.3 cm³/mol. The van der Waals surface area contributed by atoms with E-state index >= 15 is 0 Å². The molecule has 18 heavy (non-hydrogen) atoms. The van der Waals surface area contributed by atoms with Crippen molar-refractivity contribution in [2.75, 3.05) is 0 Å².